The van der Waals surface area contributed by atoms with Crippen LogP contribution >= 0.6 is 23.1 Å². The van der Waals surface area contributed by atoms with Gasteiger partial charge in [-0.3, -0.25) is 14.9 Å². The Kier molecular flexibility index (Phi) is 5.40. The average molecular weight is 471 g/mol. The maximum atomic E-state index is 13.3. The molecule has 0 aliphatic carbocycles. The number of carbonyl (C=O) groups is 2. The molecule has 1 saturated heterocycles. The normalized spacial score (nSPS) is 19.2. The number of rotatable bonds is 3. The van der Waals surface area contributed by atoms with Crippen LogP contribution in [0.3, 0.4) is 0 Å². The molecule has 0 saturated carbocycles. The summed E-state index contributed by atoms with van der Waals surface area (Å²) in [5, 5.41) is 9.95. The quantitative estimate of drug-likeness (QED) is 0.610. The third kappa shape index (κ3) is 3.87. The Bertz CT molecular complexity index is 1260. The number of urea groups is 1. The molecule has 32 heavy (non-hydrogen) atoms. The summed E-state index contributed by atoms with van der Waals surface area (Å²) in [6, 6.07) is 11.6. The highest BCUT2D eigenvalue weighted by molar-refractivity contribution is 7.10. The molecule has 4 heterocycles. The van der Waals surface area contributed by atoms with E-state index < -0.39 is 6.03 Å². The van der Waals surface area contributed by atoms with Crippen LogP contribution in [0.15, 0.2) is 47.3 Å². The van der Waals surface area contributed by atoms with Crippen molar-refractivity contribution in [2.75, 3.05) is 23.7 Å². The average Bonchev–Trinajstić information content (AvgIpc) is 3.23. The maximum Gasteiger partial charge on any atom is 0.324 e. The van der Waals surface area contributed by atoms with Crippen LogP contribution in [0, 0.1) is 5.92 Å². The van der Waals surface area contributed by atoms with Gasteiger partial charge in [-0.1, -0.05) is 34.3 Å². The number of hydrogen-bond acceptors (Lipinski definition) is 6. The van der Waals surface area contributed by atoms with Gasteiger partial charge in [-0.25, -0.2) is 4.79 Å². The lowest BCUT2D eigenvalue weighted by Gasteiger charge is -2.42. The molecular weight excluding hydrogens is 452 g/mol. The van der Waals surface area contributed by atoms with E-state index in [4.69, 9.17) is 11.6 Å². The first kappa shape index (κ1) is 20.7. The summed E-state index contributed by atoms with van der Waals surface area (Å²) < 4.78 is 5.68. The van der Waals surface area contributed by atoms with Crippen LogP contribution in [-0.2, 0) is 6.54 Å². The Hall–Kier alpha value is -3.24. The summed E-state index contributed by atoms with van der Waals surface area (Å²) in [5.74, 6) is -0.00285. The highest BCUT2D eigenvalue weighted by atomic mass is 35.5. The van der Waals surface area contributed by atoms with E-state index in [9.17, 15) is 14.4 Å². The second-order valence-electron chi connectivity index (χ2n) is 7.92. The molecule has 2 aromatic heterocycles. The zero-order chi connectivity index (χ0) is 22.2. The van der Waals surface area contributed by atoms with Gasteiger partial charge < -0.3 is 14.8 Å². The topological polar surface area (TPSA) is 109 Å². The summed E-state index contributed by atoms with van der Waals surface area (Å²) in [6.45, 7) is 1.61. The number of hydrogen-bond donors (Lipinski definition) is 2. The molecule has 11 heteroatoms. The number of fused-ring (bicyclic) bond motifs is 4. The number of benzene rings is 1. The number of piperidine rings is 1. The summed E-state index contributed by atoms with van der Waals surface area (Å²) in [4.78, 5) is 39.6. The van der Waals surface area contributed by atoms with Crippen LogP contribution < -0.4 is 16.2 Å². The first-order valence-corrected chi connectivity index (χ1v) is 11.3. The van der Waals surface area contributed by atoms with E-state index >= 15 is 0 Å². The second kappa shape index (κ2) is 8.36. The predicted molar refractivity (Wildman–Crippen MR) is 121 cm³/mol. The molecule has 2 aliphatic rings. The molecule has 2 bridgehead atoms. The number of nitrogens with one attached hydrogen (secondary N) is 2. The van der Waals surface area contributed by atoms with Crippen molar-refractivity contribution >= 4 is 45.8 Å². The van der Waals surface area contributed by atoms with Crippen molar-refractivity contribution in [2.24, 2.45) is 5.92 Å². The Morgan fingerprint density at radius 2 is 1.91 bits per heavy atom. The Morgan fingerprint density at radius 3 is 2.75 bits per heavy atom. The van der Waals surface area contributed by atoms with Crippen molar-refractivity contribution in [3.63, 3.8) is 0 Å². The van der Waals surface area contributed by atoms with Crippen molar-refractivity contribution in [3.8, 4) is 0 Å². The van der Waals surface area contributed by atoms with Gasteiger partial charge in [0.1, 0.15) is 0 Å². The maximum absolute atomic E-state index is 13.3. The van der Waals surface area contributed by atoms with Gasteiger partial charge in [0.25, 0.3) is 11.5 Å². The van der Waals surface area contributed by atoms with Gasteiger partial charge in [0, 0.05) is 48.8 Å². The van der Waals surface area contributed by atoms with Gasteiger partial charge in [0.2, 0.25) is 0 Å². The van der Waals surface area contributed by atoms with Crippen LogP contribution in [0.1, 0.15) is 28.5 Å². The molecule has 1 fully saturated rings. The van der Waals surface area contributed by atoms with Gasteiger partial charge in [0.15, 0.2) is 10.7 Å². The molecule has 0 unspecified atom stereocenters. The minimum atomic E-state index is -0.540. The molecule has 0 radical (unpaired) electrons. The molecule has 0 spiro atoms. The first-order valence-electron chi connectivity index (χ1n) is 10.1. The number of likely N-dealkylation sites (tertiary alicyclic amines) is 1. The molecule has 9 nitrogen and oxygen atoms in total. The van der Waals surface area contributed by atoms with Crippen molar-refractivity contribution in [1.29, 1.82) is 0 Å². The molecule has 1 aromatic carbocycles. The van der Waals surface area contributed by atoms with Gasteiger partial charge in [-0.2, -0.15) is 0 Å². The van der Waals surface area contributed by atoms with Crippen molar-refractivity contribution < 1.29 is 9.59 Å². The number of amides is 3. The van der Waals surface area contributed by atoms with Gasteiger partial charge in [-0.05, 0) is 30.5 Å². The van der Waals surface area contributed by atoms with E-state index in [1.807, 2.05) is 10.6 Å². The zero-order valence-corrected chi connectivity index (χ0v) is 18.4. The third-order valence-electron chi connectivity index (χ3n) is 5.81. The zero-order valence-electron chi connectivity index (χ0n) is 16.8. The van der Waals surface area contributed by atoms with Gasteiger partial charge in [0.05, 0.1) is 10.7 Å². The molecule has 164 valence electrons. The minimum Gasteiger partial charge on any atom is -0.336 e. The summed E-state index contributed by atoms with van der Waals surface area (Å²) >= 11 is 7.02. The van der Waals surface area contributed by atoms with Crippen LogP contribution in [-0.4, -0.2) is 44.1 Å². The van der Waals surface area contributed by atoms with Crippen LogP contribution in [0.2, 0.25) is 5.02 Å². The molecule has 3 aromatic rings. The second-order valence-corrected chi connectivity index (χ2v) is 9.08. The van der Waals surface area contributed by atoms with E-state index in [-0.39, 0.29) is 34.0 Å². The van der Waals surface area contributed by atoms with Crippen LogP contribution in [0.5, 0.6) is 0 Å². The number of anilines is 2. The van der Waals surface area contributed by atoms with Crippen molar-refractivity contribution in [3.05, 3.63) is 69.2 Å². The first-order chi connectivity index (χ1) is 15.5. The highest BCUT2D eigenvalue weighted by Gasteiger charge is 2.37. The highest BCUT2D eigenvalue weighted by Crippen LogP contribution is 2.36. The largest absolute Gasteiger partial charge is 0.336 e. The smallest absolute Gasteiger partial charge is 0.324 e. The van der Waals surface area contributed by atoms with Crippen molar-refractivity contribution in [2.45, 2.75) is 18.9 Å². The Balaban J connectivity index is 1.31. The Morgan fingerprint density at radius 1 is 1.06 bits per heavy atom. The lowest BCUT2D eigenvalue weighted by Crippen LogP contribution is -2.49. The van der Waals surface area contributed by atoms with Crippen LogP contribution in [0.4, 0.5) is 15.5 Å². The van der Waals surface area contributed by atoms with Gasteiger partial charge in [-0.15, -0.1) is 5.10 Å². The van der Waals surface area contributed by atoms with E-state index in [0.29, 0.717) is 30.3 Å². The van der Waals surface area contributed by atoms with E-state index in [0.717, 1.165) is 23.6 Å². The van der Waals surface area contributed by atoms with Crippen molar-refractivity contribution in [1.82, 2.24) is 19.1 Å². The monoisotopic (exact) mass is 470 g/mol. The minimum absolute atomic E-state index is 0.00306. The molecule has 3 amide bonds. The molecular formula is C21H19ClN6O3S. The Labute approximate surface area is 192 Å². The third-order valence-corrected chi connectivity index (χ3v) is 6.78. The van der Waals surface area contributed by atoms with E-state index in [2.05, 4.69) is 20.2 Å². The molecule has 2 N–H and O–H groups in total. The lowest BCUT2D eigenvalue weighted by molar-refractivity contribution is 0.0590. The summed E-state index contributed by atoms with van der Waals surface area (Å²) in [6.07, 6.45) is 0.938. The number of carbonyl (C=O) groups excluding carboxylic acids is 2. The standard InChI is InChI=1S/C21H19ClN6O3S/c22-14-4-1-2-5-15(14)23-21(31)24-19-18(25-26-32-19)20(30)27-9-12-8-13(11-27)16-6-3-7-17(29)28(16)10-12/h1-7,12-13H,8-11H2,(H2,23,24,31)/t12-,13-/m1/s1. The molecule has 2 aliphatic heterocycles. The lowest BCUT2D eigenvalue weighted by atomic mass is 9.83. The fourth-order valence-corrected chi connectivity index (χ4v) is 5.18. The number of halogens is 1. The van der Waals surface area contributed by atoms with E-state index in [1.54, 1.807) is 41.3 Å². The van der Waals surface area contributed by atoms with Crippen LogP contribution in [0.25, 0.3) is 0 Å². The number of para-hydroxylation sites is 1. The van der Waals surface area contributed by atoms with Gasteiger partial charge >= 0.3 is 6.03 Å². The molecule has 5 rings (SSSR count). The fourth-order valence-electron chi connectivity index (χ4n) is 4.44. The SMILES string of the molecule is O=C(Nc1ccccc1Cl)Nc1snnc1C(=O)N1C[C@H]2C[C@H](C1)c1cccc(=O)n1C2. The predicted octanol–water partition coefficient (Wildman–Crippen LogP) is 3.26. The summed E-state index contributed by atoms with van der Waals surface area (Å²) in [5.41, 5.74) is 1.52. The molecule has 2 atom stereocenters. The fraction of sp³-hybridized carbons (Fsp3) is 0.286. The number of pyridine rings is 1. The number of aromatic nitrogens is 3. The summed E-state index contributed by atoms with van der Waals surface area (Å²) in [7, 11) is 0. The van der Waals surface area contributed by atoms with E-state index in [1.165, 1.54) is 0 Å². The number of nitrogens with zero attached hydrogens (tertiary/aromatic N) is 4.